The largest absolute Gasteiger partial charge is 0.475 e. The molecule has 11 heteroatoms. The van der Waals surface area contributed by atoms with E-state index >= 15 is 0 Å². The summed E-state index contributed by atoms with van der Waals surface area (Å²) >= 11 is 0. The van der Waals surface area contributed by atoms with Gasteiger partial charge in [0.15, 0.2) is 0 Å². The van der Waals surface area contributed by atoms with E-state index in [1.165, 1.54) is 11.0 Å². The molecule has 1 aliphatic rings. The first-order chi connectivity index (χ1) is 15.1. The maximum absolute atomic E-state index is 13.2. The van der Waals surface area contributed by atoms with Crippen LogP contribution in [0.4, 0.5) is 19.0 Å². The Kier molecular flexibility index (Phi) is 4.26. The smallest absolute Gasteiger partial charge is 0.433 e. The van der Waals surface area contributed by atoms with Crippen molar-refractivity contribution in [2.45, 2.75) is 19.1 Å². The maximum Gasteiger partial charge on any atom is 0.433 e. The molecule has 0 saturated heterocycles. The zero-order valence-corrected chi connectivity index (χ0v) is 17.0. The van der Waals surface area contributed by atoms with E-state index < -0.39 is 17.9 Å². The highest BCUT2D eigenvalue weighted by atomic mass is 19.4. The van der Waals surface area contributed by atoms with Gasteiger partial charge in [0.05, 0.1) is 22.8 Å². The number of amides is 1. The molecule has 0 radical (unpaired) electrons. The number of anilines is 1. The molecule has 3 aromatic heterocycles. The highest BCUT2D eigenvalue weighted by molar-refractivity contribution is 5.98. The van der Waals surface area contributed by atoms with Crippen molar-refractivity contribution in [3.05, 3.63) is 59.2 Å². The van der Waals surface area contributed by atoms with Crippen LogP contribution in [0.25, 0.3) is 16.6 Å². The first-order valence-electron chi connectivity index (χ1n) is 9.66. The number of aryl methyl sites for hydroxylation is 1. The SMILES string of the molecule is Cc1ncn2c1c(N)nc1ccc(C(=O)N(C)[C@@H]3COc4nc(C(F)(F)F)ccc43)cc12. The molecule has 5 rings (SSSR count). The quantitative estimate of drug-likeness (QED) is 0.511. The van der Waals surface area contributed by atoms with E-state index in [0.717, 1.165) is 11.8 Å². The van der Waals surface area contributed by atoms with Gasteiger partial charge in [0.1, 0.15) is 30.0 Å². The fraction of sp³-hybridized carbons (Fsp3) is 0.238. The average molecular weight is 442 g/mol. The van der Waals surface area contributed by atoms with E-state index in [4.69, 9.17) is 10.5 Å². The van der Waals surface area contributed by atoms with Crippen molar-refractivity contribution in [3.63, 3.8) is 0 Å². The minimum absolute atomic E-state index is 0.0164. The summed E-state index contributed by atoms with van der Waals surface area (Å²) in [7, 11) is 1.57. The lowest BCUT2D eigenvalue weighted by atomic mass is 10.1. The third-order valence-corrected chi connectivity index (χ3v) is 5.62. The lowest BCUT2D eigenvalue weighted by molar-refractivity contribution is -0.141. The molecule has 0 fully saturated rings. The number of aromatic nitrogens is 4. The van der Waals surface area contributed by atoms with Gasteiger partial charge in [0, 0.05) is 18.2 Å². The highest BCUT2D eigenvalue weighted by Gasteiger charge is 2.37. The van der Waals surface area contributed by atoms with Crippen molar-refractivity contribution in [3.8, 4) is 5.88 Å². The monoisotopic (exact) mass is 442 g/mol. The molecule has 0 aliphatic carbocycles. The van der Waals surface area contributed by atoms with Gasteiger partial charge in [-0.15, -0.1) is 0 Å². The summed E-state index contributed by atoms with van der Waals surface area (Å²) in [6, 6.07) is 6.64. The molecule has 2 N–H and O–H groups in total. The van der Waals surface area contributed by atoms with E-state index in [-0.39, 0.29) is 18.4 Å². The number of carbonyl (C=O) groups excluding carboxylic acids is 1. The average Bonchev–Trinajstić information content (AvgIpc) is 3.35. The Balaban J connectivity index is 1.50. The van der Waals surface area contributed by atoms with Crippen molar-refractivity contribution in [2.24, 2.45) is 0 Å². The molecular formula is C21H17F3N6O2. The fourth-order valence-corrected chi connectivity index (χ4v) is 3.95. The molecular weight excluding hydrogens is 425 g/mol. The van der Waals surface area contributed by atoms with Gasteiger partial charge in [-0.3, -0.25) is 9.20 Å². The van der Waals surface area contributed by atoms with Crippen LogP contribution in [-0.4, -0.2) is 43.8 Å². The third-order valence-electron chi connectivity index (χ3n) is 5.62. The van der Waals surface area contributed by atoms with Gasteiger partial charge >= 0.3 is 6.18 Å². The second-order valence-electron chi connectivity index (χ2n) is 7.58. The summed E-state index contributed by atoms with van der Waals surface area (Å²) in [6.07, 6.45) is -2.95. The number of likely N-dealkylation sites (N-methyl/N-ethyl adjacent to an activating group) is 1. The van der Waals surface area contributed by atoms with Crippen LogP contribution < -0.4 is 10.5 Å². The van der Waals surface area contributed by atoms with Crippen LogP contribution in [0.2, 0.25) is 0 Å². The van der Waals surface area contributed by atoms with E-state index in [1.54, 1.807) is 36.0 Å². The van der Waals surface area contributed by atoms with Gasteiger partial charge in [0.25, 0.3) is 5.91 Å². The van der Waals surface area contributed by atoms with Crippen molar-refractivity contribution < 1.29 is 22.7 Å². The molecule has 0 unspecified atom stereocenters. The number of benzene rings is 1. The molecule has 0 bridgehead atoms. The van der Waals surface area contributed by atoms with Crippen molar-refractivity contribution in [2.75, 3.05) is 19.4 Å². The van der Waals surface area contributed by atoms with Crippen LogP contribution in [0.5, 0.6) is 5.88 Å². The Hall–Kier alpha value is -3.89. The number of rotatable bonds is 2. The Morgan fingerprint density at radius 2 is 2.03 bits per heavy atom. The van der Waals surface area contributed by atoms with Crippen LogP contribution in [-0.2, 0) is 6.18 Å². The maximum atomic E-state index is 13.2. The summed E-state index contributed by atoms with van der Waals surface area (Å²) < 4.78 is 45.9. The lowest BCUT2D eigenvalue weighted by Crippen LogP contribution is -2.32. The summed E-state index contributed by atoms with van der Waals surface area (Å²) in [5.74, 6) is -0.0950. The van der Waals surface area contributed by atoms with Crippen LogP contribution in [0.15, 0.2) is 36.7 Å². The van der Waals surface area contributed by atoms with Crippen molar-refractivity contribution >= 4 is 28.3 Å². The molecule has 4 heterocycles. The topological polar surface area (TPSA) is 98.6 Å². The zero-order valence-electron chi connectivity index (χ0n) is 17.0. The third kappa shape index (κ3) is 3.00. The number of fused-ring (bicyclic) bond motifs is 4. The van der Waals surface area contributed by atoms with Crippen LogP contribution in [0, 0.1) is 6.92 Å². The molecule has 1 aliphatic heterocycles. The first-order valence-corrected chi connectivity index (χ1v) is 9.66. The van der Waals surface area contributed by atoms with Crippen LogP contribution >= 0.6 is 0 Å². The normalized spacial score (nSPS) is 15.7. The Labute approximate surface area is 179 Å². The number of nitrogens with zero attached hydrogens (tertiary/aromatic N) is 5. The predicted octanol–water partition coefficient (Wildman–Crippen LogP) is 3.39. The second kappa shape index (κ2) is 6.81. The highest BCUT2D eigenvalue weighted by Crippen LogP contribution is 2.38. The van der Waals surface area contributed by atoms with Crippen LogP contribution in [0.1, 0.15) is 33.4 Å². The summed E-state index contributed by atoms with van der Waals surface area (Å²) in [5, 5.41) is 0. The predicted molar refractivity (Wildman–Crippen MR) is 109 cm³/mol. The molecule has 1 aromatic carbocycles. The lowest BCUT2D eigenvalue weighted by Gasteiger charge is -2.23. The van der Waals surface area contributed by atoms with Crippen LogP contribution in [0.3, 0.4) is 0 Å². The standard InChI is InChI=1S/C21H17F3N6O2/c1-10-17-18(25)27-13-5-3-11(7-14(13)30(17)9-26-10)20(31)29(2)15-8-32-19-12(15)4-6-16(28-19)21(22,23)24/h3-7,9,15H,8H2,1-2H3,(H2,25,27)/t15-/m1/s1. The molecule has 0 spiro atoms. The number of halogens is 3. The summed E-state index contributed by atoms with van der Waals surface area (Å²) in [5.41, 5.74) is 8.46. The minimum Gasteiger partial charge on any atom is -0.475 e. The molecule has 1 atom stereocenters. The summed E-state index contributed by atoms with van der Waals surface area (Å²) in [6.45, 7) is 1.83. The Bertz CT molecular complexity index is 1400. The number of hydrogen-bond acceptors (Lipinski definition) is 6. The zero-order chi connectivity index (χ0) is 22.8. The number of nitrogens with two attached hydrogens (primary N) is 1. The number of carbonyl (C=O) groups is 1. The number of pyridine rings is 1. The molecule has 1 amide bonds. The number of alkyl halides is 3. The number of imidazole rings is 1. The van der Waals surface area contributed by atoms with E-state index in [2.05, 4.69) is 15.0 Å². The Morgan fingerprint density at radius 1 is 1.25 bits per heavy atom. The fourth-order valence-electron chi connectivity index (χ4n) is 3.95. The van der Waals surface area contributed by atoms with Crippen molar-refractivity contribution in [1.29, 1.82) is 0 Å². The van der Waals surface area contributed by atoms with E-state index in [9.17, 15) is 18.0 Å². The summed E-state index contributed by atoms with van der Waals surface area (Å²) in [4.78, 5) is 26.9. The van der Waals surface area contributed by atoms with Gasteiger partial charge in [-0.2, -0.15) is 13.2 Å². The second-order valence-corrected chi connectivity index (χ2v) is 7.58. The number of ether oxygens (including phenoxy) is 1. The van der Waals surface area contributed by atoms with Gasteiger partial charge in [-0.05, 0) is 37.3 Å². The van der Waals surface area contributed by atoms with Gasteiger partial charge in [-0.25, -0.2) is 15.0 Å². The molecule has 4 aromatic rings. The Morgan fingerprint density at radius 3 is 2.78 bits per heavy atom. The van der Waals surface area contributed by atoms with Crippen molar-refractivity contribution in [1.82, 2.24) is 24.3 Å². The van der Waals surface area contributed by atoms with Gasteiger partial charge < -0.3 is 15.4 Å². The van der Waals surface area contributed by atoms with Gasteiger partial charge in [0.2, 0.25) is 5.88 Å². The number of hydrogen-bond donors (Lipinski definition) is 1. The number of nitrogen functional groups attached to an aromatic ring is 1. The molecule has 0 saturated carbocycles. The molecule has 8 nitrogen and oxygen atoms in total. The van der Waals surface area contributed by atoms with E-state index in [0.29, 0.717) is 33.5 Å². The molecule has 32 heavy (non-hydrogen) atoms. The molecule has 164 valence electrons. The van der Waals surface area contributed by atoms with E-state index in [1.807, 2.05) is 6.92 Å². The minimum atomic E-state index is -4.57. The van der Waals surface area contributed by atoms with Gasteiger partial charge in [-0.1, -0.05) is 0 Å². The first kappa shape index (κ1) is 20.0.